The van der Waals surface area contributed by atoms with Crippen LogP contribution < -0.4 is 0 Å². The van der Waals surface area contributed by atoms with Crippen molar-refractivity contribution < 1.29 is 4.79 Å². The van der Waals surface area contributed by atoms with Gasteiger partial charge >= 0.3 is 0 Å². The average molecular weight is 384 g/mol. The Balaban J connectivity index is 1.63. The van der Waals surface area contributed by atoms with Crippen molar-refractivity contribution in [1.29, 1.82) is 0 Å². The third kappa shape index (κ3) is 3.99. The molecule has 0 radical (unpaired) electrons. The molecule has 146 valence electrons. The van der Waals surface area contributed by atoms with Gasteiger partial charge in [-0.2, -0.15) is 11.8 Å². The van der Waals surface area contributed by atoms with Crippen molar-refractivity contribution >= 4 is 28.4 Å². The molecule has 1 fully saturated rings. The van der Waals surface area contributed by atoms with Gasteiger partial charge in [-0.3, -0.25) is 4.79 Å². The van der Waals surface area contributed by atoms with Gasteiger partial charge in [-0.05, 0) is 72.8 Å². The highest BCUT2D eigenvalue weighted by molar-refractivity contribution is 7.99. The van der Waals surface area contributed by atoms with Crippen molar-refractivity contribution in [2.45, 2.75) is 64.7 Å². The summed E-state index contributed by atoms with van der Waals surface area (Å²) in [5, 5.41) is 1.52. The van der Waals surface area contributed by atoms with Gasteiger partial charge in [0.25, 0.3) is 0 Å². The van der Waals surface area contributed by atoms with Crippen molar-refractivity contribution in [2.75, 3.05) is 11.5 Å². The predicted octanol–water partition coefficient (Wildman–Crippen LogP) is 6.35. The van der Waals surface area contributed by atoms with Crippen LogP contribution in [0.25, 0.3) is 10.9 Å². The summed E-state index contributed by atoms with van der Waals surface area (Å²) in [7, 11) is 0. The molecule has 0 bridgehead atoms. The summed E-state index contributed by atoms with van der Waals surface area (Å²) in [5.41, 5.74) is 4.47. The molecular weight excluding hydrogens is 350 g/mol. The Labute approximate surface area is 167 Å². The summed E-state index contributed by atoms with van der Waals surface area (Å²) in [5.74, 6) is 5.24. The maximum absolute atomic E-state index is 11.4. The van der Waals surface area contributed by atoms with E-state index in [1.54, 1.807) is 18.1 Å². The molecule has 27 heavy (non-hydrogen) atoms. The molecule has 1 aromatic heterocycles. The molecule has 2 aliphatic rings. The minimum Gasteiger partial charge on any atom is -0.361 e. The number of Topliss-reactive ketones (excluding diaryl/α,β-unsaturated/α-hetero) is 1. The minimum atomic E-state index is 0.311. The number of hydrogen-bond acceptors (Lipinski definition) is 2. The molecule has 2 aromatic rings. The number of fused-ring (bicyclic) bond motifs is 2. The van der Waals surface area contributed by atoms with E-state index in [0.29, 0.717) is 17.5 Å². The fourth-order valence-electron chi connectivity index (χ4n) is 5.79. The molecule has 0 spiro atoms. The lowest BCUT2D eigenvalue weighted by Gasteiger charge is -2.41. The van der Waals surface area contributed by atoms with Crippen LogP contribution in [0.1, 0.15) is 69.4 Å². The standard InChI is InChI=1S/C24H33NOS/c1-3-6-18-8-4-7-17(15-27-14-16(2)26)11-22-20-9-5-10-23-24(20)19(13-25-23)12-21(18)22/h5,9-10,13,17-18,21-22,25H,3-4,6-8,11-12,14-15H2,1-2H3/t17-,18?,21-,22+/m0/s1. The summed E-state index contributed by atoms with van der Waals surface area (Å²) in [6.07, 6.45) is 11.6. The molecule has 0 saturated heterocycles. The Hall–Kier alpha value is -1.22. The molecule has 1 N–H and O–H groups in total. The van der Waals surface area contributed by atoms with Crippen molar-refractivity contribution in [2.24, 2.45) is 17.8 Å². The largest absolute Gasteiger partial charge is 0.361 e. The second-order valence-corrected chi connectivity index (χ2v) is 9.89. The van der Waals surface area contributed by atoms with Crippen LogP contribution in [0.2, 0.25) is 0 Å². The molecule has 2 nitrogen and oxygen atoms in total. The van der Waals surface area contributed by atoms with E-state index in [0.717, 1.165) is 23.5 Å². The van der Waals surface area contributed by atoms with E-state index < -0.39 is 0 Å². The van der Waals surface area contributed by atoms with Crippen molar-refractivity contribution in [3.63, 3.8) is 0 Å². The van der Waals surface area contributed by atoms with Crippen LogP contribution in [0.5, 0.6) is 0 Å². The fourth-order valence-corrected chi connectivity index (χ4v) is 6.83. The number of rotatable bonds is 6. The lowest BCUT2D eigenvalue weighted by Crippen LogP contribution is -2.31. The smallest absolute Gasteiger partial charge is 0.139 e. The molecule has 2 aliphatic carbocycles. The van der Waals surface area contributed by atoms with E-state index in [4.69, 9.17) is 0 Å². The van der Waals surface area contributed by atoms with Gasteiger partial charge in [0.2, 0.25) is 0 Å². The first-order chi connectivity index (χ1) is 13.2. The van der Waals surface area contributed by atoms with Gasteiger partial charge in [0.05, 0.1) is 5.75 Å². The highest BCUT2D eigenvalue weighted by atomic mass is 32.2. The van der Waals surface area contributed by atoms with Gasteiger partial charge in [-0.25, -0.2) is 0 Å². The third-order valence-electron chi connectivity index (χ3n) is 6.89. The molecule has 1 saturated carbocycles. The van der Waals surface area contributed by atoms with Crippen LogP contribution in [-0.2, 0) is 11.2 Å². The van der Waals surface area contributed by atoms with Crippen molar-refractivity contribution in [3.05, 3.63) is 35.5 Å². The summed E-state index contributed by atoms with van der Waals surface area (Å²) in [6.45, 7) is 4.06. The molecule has 3 heteroatoms. The van der Waals surface area contributed by atoms with E-state index in [2.05, 4.69) is 36.3 Å². The fraction of sp³-hybridized carbons (Fsp3) is 0.625. The van der Waals surface area contributed by atoms with Crippen molar-refractivity contribution in [1.82, 2.24) is 4.98 Å². The number of carbonyl (C=O) groups excluding carboxylic acids is 1. The zero-order chi connectivity index (χ0) is 18.8. The highest BCUT2D eigenvalue weighted by Gasteiger charge is 2.38. The summed E-state index contributed by atoms with van der Waals surface area (Å²) in [4.78, 5) is 14.9. The summed E-state index contributed by atoms with van der Waals surface area (Å²) in [6, 6.07) is 6.88. The predicted molar refractivity (Wildman–Crippen MR) is 117 cm³/mol. The van der Waals surface area contributed by atoms with Crippen LogP contribution in [0.3, 0.4) is 0 Å². The normalized spacial score (nSPS) is 27.8. The SMILES string of the molecule is CCCC1CCC[C@H](CSCC(C)=O)C[C@@H]2c3cccc4[nH]cc(c34)C[C@@H]12. The number of hydrogen-bond donors (Lipinski definition) is 1. The first kappa shape index (κ1) is 19.1. The van der Waals surface area contributed by atoms with Gasteiger partial charge < -0.3 is 4.98 Å². The Bertz CT molecular complexity index is 795. The van der Waals surface area contributed by atoms with Crippen LogP contribution >= 0.6 is 11.8 Å². The third-order valence-corrected chi connectivity index (χ3v) is 8.21. The van der Waals surface area contributed by atoms with Gasteiger partial charge in [-0.1, -0.05) is 44.7 Å². The molecule has 1 heterocycles. The number of ketones is 1. The zero-order valence-electron chi connectivity index (χ0n) is 16.8. The Morgan fingerprint density at radius 3 is 3.00 bits per heavy atom. The number of carbonyl (C=O) groups is 1. The second kappa shape index (κ2) is 8.43. The second-order valence-electron chi connectivity index (χ2n) is 8.86. The van der Waals surface area contributed by atoms with E-state index >= 15 is 0 Å². The van der Waals surface area contributed by atoms with Crippen molar-refractivity contribution in [3.8, 4) is 0 Å². The van der Waals surface area contributed by atoms with E-state index in [9.17, 15) is 4.79 Å². The maximum Gasteiger partial charge on any atom is 0.139 e. The maximum atomic E-state index is 11.4. The number of H-pyrrole nitrogens is 1. The Morgan fingerprint density at radius 1 is 1.30 bits per heavy atom. The highest BCUT2D eigenvalue weighted by Crippen LogP contribution is 2.50. The van der Waals surface area contributed by atoms with Gasteiger partial charge in [0.1, 0.15) is 5.78 Å². The van der Waals surface area contributed by atoms with Gasteiger partial charge in [0, 0.05) is 17.1 Å². The van der Waals surface area contributed by atoms with Crippen LogP contribution in [0, 0.1) is 17.8 Å². The lowest BCUT2D eigenvalue weighted by atomic mass is 9.64. The van der Waals surface area contributed by atoms with E-state index in [-0.39, 0.29) is 0 Å². The first-order valence-corrected chi connectivity index (χ1v) is 12.0. The van der Waals surface area contributed by atoms with Crippen LogP contribution in [0.4, 0.5) is 0 Å². The molecule has 4 atom stereocenters. The molecule has 0 amide bonds. The number of aromatic nitrogens is 1. The molecule has 1 unspecified atom stereocenters. The lowest BCUT2D eigenvalue weighted by molar-refractivity contribution is -0.114. The quantitative estimate of drug-likeness (QED) is 0.630. The molecule has 1 aromatic carbocycles. The monoisotopic (exact) mass is 383 g/mol. The van der Waals surface area contributed by atoms with Crippen LogP contribution in [-0.4, -0.2) is 22.3 Å². The number of benzene rings is 1. The zero-order valence-corrected chi connectivity index (χ0v) is 17.6. The molecular formula is C24H33NOS. The number of nitrogens with one attached hydrogen (secondary N) is 1. The molecule has 4 rings (SSSR count). The first-order valence-electron chi connectivity index (χ1n) is 10.8. The Morgan fingerprint density at radius 2 is 2.19 bits per heavy atom. The minimum absolute atomic E-state index is 0.311. The number of aromatic amines is 1. The van der Waals surface area contributed by atoms with Gasteiger partial charge in [-0.15, -0.1) is 0 Å². The summed E-state index contributed by atoms with van der Waals surface area (Å²) >= 11 is 1.86. The number of thioether (sulfide) groups is 1. The van der Waals surface area contributed by atoms with Gasteiger partial charge in [0.15, 0.2) is 0 Å². The van der Waals surface area contributed by atoms with E-state index in [1.807, 2.05) is 11.8 Å². The molecule has 0 aliphatic heterocycles. The van der Waals surface area contributed by atoms with Crippen LogP contribution in [0.15, 0.2) is 24.4 Å². The Kier molecular flexibility index (Phi) is 5.96. The topological polar surface area (TPSA) is 32.9 Å². The average Bonchev–Trinajstić information content (AvgIpc) is 3.05. The summed E-state index contributed by atoms with van der Waals surface area (Å²) < 4.78 is 0. The van der Waals surface area contributed by atoms with E-state index in [1.165, 1.54) is 55.8 Å².